The average Bonchev–Trinajstić information content (AvgIpc) is 3.26. The number of piperidine rings is 1. The Balaban J connectivity index is 1.22. The van der Waals surface area contributed by atoms with Crippen LogP contribution >= 0.6 is 11.6 Å². The second-order valence-corrected chi connectivity index (χ2v) is 10.3. The molecule has 2 aromatic heterocycles. The van der Waals surface area contributed by atoms with Crippen molar-refractivity contribution < 1.29 is 19.4 Å². The van der Waals surface area contributed by atoms with Crippen molar-refractivity contribution in [3.63, 3.8) is 0 Å². The number of hydrogen-bond donors (Lipinski definition) is 2. The normalized spacial score (nSPS) is 22.7. The lowest BCUT2D eigenvalue weighted by molar-refractivity contribution is 0.0508. The molecule has 3 unspecified atom stereocenters. The van der Waals surface area contributed by atoms with Crippen molar-refractivity contribution in [2.45, 2.75) is 51.4 Å². The molecule has 2 saturated heterocycles. The topological polar surface area (TPSA) is 126 Å². The van der Waals surface area contributed by atoms with E-state index in [0.29, 0.717) is 42.4 Å². The van der Waals surface area contributed by atoms with E-state index in [2.05, 4.69) is 25.3 Å². The monoisotopic (exact) mass is 505 g/mol. The highest BCUT2D eigenvalue weighted by molar-refractivity contribution is 6.30. The number of amides is 1. The molecule has 190 valence electrons. The number of aromatic nitrogens is 4. The largest absolute Gasteiger partial charge is 0.490 e. The summed E-state index contributed by atoms with van der Waals surface area (Å²) in [6.07, 6.45) is 6.93. The van der Waals surface area contributed by atoms with Gasteiger partial charge in [0.25, 0.3) is 0 Å². The molecule has 0 spiro atoms. The van der Waals surface area contributed by atoms with E-state index >= 15 is 0 Å². The standard InChI is InChI=1S/C23H32ClN7O4/c1-23(2,3)35-22(33)29-17-5-7-30(12-17)21-27-10-18(11-28-21)34-14-15-4-6-31(13-19(15)32)20-25-8-16(24)9-26-20/h8-11,15,17,19,32H,4-7,12-14H2,1-3H3,(H,29,33). The maximum Gasteiger partial charge on any atom is 0.407 e. The third-order valence-electron chi connectivity index (χ3n) is 5.88. The second-order valence-electron chi connectivity index (χ2n) is 9.87. The van der Waals surface area contributed by atoms with Crippen LogP contribution in [0.25, 0.3) is 0 Å². The molecule has 35 heavy (non-hydrogen) atoms. The Kier molecular flexibility index (Phi) is 7.75. The van der Waals surface area contributed by atoms with Gasteiger partial charge in [-0.15, -0.1) is 0 Å². The van der Waals surface area contributed by atoms with E-state index in [4.69, 9.17) is 21.1 Å². The van der Waals surface area contributed by atoms with Gasteiger partial charge in [0.05, 0.1) is 48.6 Å². The van der Waals surface area contributed by atoms with Gasteiger partial charge in [-0.25, -0.2) is 24.7 Å². The summed E-state index contributed by atoms with van der Waals surface area (Å²) in [5.41, 5.74) is -0.528. The van der Waals surface area contributed by atoms with Gasteiger partial charge in [0.15, 0.2) is 5.75 Å². The Hall–Kier alpha value is -2.92. The molecule has 2 aromatic rings. The summed E-state index contributed by atoms with van der Waals surface area (Å²) in [5.74, 6) is 1.67. The molecule has 4 rings (SSSR count). The van der Waals surface area contributed by atoms with Gasteiger partial charge in [-0.3, -0.25) is 0 Å². The second kappa shape index (κ2) is 10.8. The Morgan fingerprint density at radius 2 is 1.66 bits per heavy atom. The molecular formula is C23H32ClN7O4. The third-order valence-corrected chi connectivity index (χ3v) is 6.08. The molecule has 11 nitrogen and oxygen atoms in total. The number of nitrogens with zero attached hydrogens (tertiary/aromatic N) is 6. The highest BCUT2D eigenvalue weighted by atomic mass is 35.5. The molecule has 3 atom stereocenters. The molecule has 12 heteroatoms. The van der Waals surface area contributed by atoms with Gasteiger partial charge in [-0.2, -0.15) is 0 Å². The number of halogens is 1. The van der Waals surface area contributed by atoms with Crippen molar-refractivity contribution >= 4 is 29.6 Å². The fraction of sp³-hybridized carbons (Fsp3) is 0.609. The summed E-state index contributed by atoms with van der Waals surface area (Å²) in [6.45, 7) is 8.38. The lowest BCUT2D eigenvalue weighted by Gasteiger charge is -2.35. The number of carbonyl (C=O) groups is 1. The van der Waals surface area contributed by atoms with Crippen LogP contribution < -0.4 is 19.9 Å². The highest BCUT2D eigenvalue weighted by Crippen LogP contribution is 2.23. The van der Waals surface area contributed by atoms with Crippen molar-refractivity contribution in [3.8, 4) is 5.75 Å². The van der Waals surface area contributed by atoms with Crippen LogP contribution in [0.3, 0.4) is 0 Å². The molecule has 2 aliphatic rings. The van der Waals surface area contributed by atoms with Gasteiger partial charge >= 0.3 is 6.09 Å². The van der Waals surface area contributed by atoms with Crippen molar-refractivity contribution in [1.29, 1.82) is 0 Å². The van der Waals surface area contributed by atoms with Gasteiger partial charge in [-0.05, 0) is 33.6 Å². The zero-order chi connectivity index (χ0) is 25.0. The molecule has 0 bridgehead atoms. The van der Waals surface area contributed by atoms with Crippen LogP contribution in [0.15, 0.2) is 24.8 Å². The molecular weight excluding hydrogens is 474 g/mol. The van der Waals surface area contributed by atoms with Crippen LogP contribution in [-0.4, -0.2) is 81.7 Å². The minimum absolute atomic E-state index is 0.0171. The molecule has 0 radical (unpaired) electrons. The van der Waals surface area contributed by atoms with Crippen LogP contribution in [0.5, 0.6) is 5.75 Å². The molecule has 1 amide bonds. The van der Waals surface area contributed by atoms with E-state index in [-0.39, 0.29) is 12.0 Å². The van der Waals surface area contributed by atoms with Gasteiger partial charge in [0.2, 0.25) is 11.9 Å². The molecule has 2 aliphatic heterocycles. The van der Waals surface area contributed by atoms with Gasteiger partial charge in [0, 0.05) is 32.1 Å². The first-order valence-corrected chi connectivity index (χ1v) is 12.1. The maximum absolute atomic E-state index is 12.0. The average molecular weight is 506 g/mol. The van der Waals surface area contributed by atoms with Crippen LogP contribution in [0.2, 0.25) is 5.02 Å². The van der Waals surface area contributed by atoms with E-state index in [1.54, 1.807) is 24.8 Å². The number of hydrogen-bond acceptors (Lipinski definition) is 10. The summed E-state index contributed by atoms with van der Waals surface area (Å²) >= 11 is 5.85. The van der Waals surface area contributed by atoms with Crippen LogP contribution in [0.4, 0.5) is 16.7 Å². The quantitative estimate of drug-likeness (QED) is 0.603. The Labute approximate surface area is 209 Å². The van der Waals surface area contributed by atoms with Gasteiger partial charge < -0.3 is 29.7 Å². The van der Waals surface area contributed by atoms with Crippen LogP contribution in [-0.2, 0) is 4.74 Å². The third kappa shape index (κ3) is 7.04. The van der Waals surface area contributed by atoms with E-state index in [9.17, 15) is 9.90 Å². The number of ether oxygens (including phenoxy) is 2. The van der Waals surface area contributed by atoms with E-state index in [0.717, 1.165) is 25.9 Å². The lowest BCUT2D eigenvalue weighted by Crippen LogP contribution is -2.46. The number of alkyl carbamates (subject to hydrolysis) is 1. The predicted octanol–water partition coefficient (Wildman–Crippen LogP) is 2.29. The van der Waals surface area contributed by atoms with Crippen molar-refractivity contribution in [3.05, 3.63) is 29.8 Å². The van der Waals surface area contributed by atoms with Crippen molar-refractivity contribution in [1.82, 2.24) is 25.3 Å². The highest BCUT2D eigenvalue weighted by Gasteiger charge is 2.30. The van der Waals surface area contributed by atoms with E-state index < -0.39 is 17.8 Å². The van der Waals surface area contributed by atoms with E-state index in [1.165, 1.54) is 0 Å². The summed E-state index contributed by atoms with van der Waals surface area (Å²) in [4.78, 5) is 33.2. The number of anilines is 2. The SMILES string of the molecule is CC(C)(C)OC(=O)NC1CCN(c2ncc(OCC3CCN(c4ncc(Cl)cn4)CC3O)cn2)C1. The Bertz CT molecular complexity index is 987. The Morgan fingerprint density at radius 3 is 2.29 bits per heavy atom. The number of carbonyl (C=O) groups excluding carboxylic acids is 1. The number of β-amino-alcohol motifs (C(OH)–C–C–N with tert-alkyl or cyclic N) is 1. The number of rotatable bonds is 6. The summed E-state index contributed by atoms with van der Waals surface area (Å²) in [5, 5.41) is 14.0. The first-order valence-electron chi connectivity index (χ1n) is 11.8. The van der Waals surface area contributed by atoms with Crippen LogP contribution in [0, 0.1) is 5.92 Å². The number of aliphatic hydroxyl groups excluding tert-OH is 1. The molecule has 0 saturated carbocycles. The lowest BCUT2D eigenvalue weighted by atomic mass is 9.95. The first-order chi connectivity index (χ1) is 16.7. The maximum atomic E-state index is 12.0. The molecule has 2 N–H and O–H groups in total. The minimum Gasteiger partial charge on any atom is -0.490 e. The minimum atomic E-state index is -0.567. The predicted molar refractivity (Wildman–Crippen MR) is 131 cm³/mol. The van der Waals surface area contributed by atoms with E-state index in [1.807, 2.05) is 30.6 Å². The molecule has 0 aromatic carbocycles. The first kappa shape index (κ1) is 25.2. The van der Waals surface area contributed by atoms with Crippen molar-refractivity contribution in [2.75, 3.05) is 42.6 Å². The Morgan fingerprint density at radius 1 is 1.06 bits per heavy atom. The van der Waals surface area contributed by atoms with Crippen molar-refractivity contribution in [2.24, 2.45) is 5.92 Å². The zero-order valence-electron chi connectivity index (χ0n) is 20.2. The molecule has 4 heterocycles. The zero-order valence-corrected chi connectivity index (χ0v) is 21.0. The summed E-state index contributed by atoms with van der Waals surface area (Å²) < 4.78 is 11.2. The number of nitrogens with one attached hydrogen (secondary N) is 1. The van der Waals surface area contributed by atoms with Crippen LogP contribution in [0.1, 0.15) is 33.6 Å². The van der Waals surface area contributed by atoms with Gasteiger partial charge in [-0.1, -0.05) is 11.6 Å². The summed E-state index contributed by atoms with van der Waals surface area (Å²) in [7, 11) is 0. The molecule has 0 aliphatic carbocycles. The smallest absolute Gasteiger partial charge is 0.407 e. The fourth-order valence-electron chi connectivity index (χ4n) is 4.11. The number of aliphatic hydroxyl groups is 1. The fourth-order valence-corrected chi connectivity index (χ4v) is 4.21. The summed E-state index contributed by atoms with van der Waals surface area (Å²) in [6, 6.07) is -0.0185. The molecule has 2 fully saturated rings. The van der Waals surface area contributed by atoms with Gasteiger partial charge in [0.1, 0.15) is 5.60 Å².